The Morgan fingerprint density at radius 3 is 3.07 bits per heavy atom. The van der Waals surface area contributed by atoms with Gasteiger partial charge in [0.25, 0.3) is 0 Å². The van der Waals surface area contributed by atoms with E-state index < -0.39 is 0 Å². The smallest absolute Gasteiger partial charge is 0.231 e. The second-order valence-corrected chi connectivity index (χ2v) is 4.26. The molecule has 0 unspecified atom stereocenters. The molecular formula is C11H13BrO3. The van der Waals surface area contributed by atoms with Crippen LogP contribution in [0.2, 0.25) is 0 Å². The SMILES string of the molecule is CCCCOc1cc(Br)cc2c1OCO2. The topological polar surface area (TPSA) is 27.7 Å². The minimum Gasteiger partial charge on any atom is -0.490 e. The summed E-state index contributed by atoms with van der Waals surface area (Å²) in [7, 11) is 0. The van der Waals surface area contributed by atoms with Crippen LogP contribution in [-0.4, -0.2) is 13.4 Å². The molecule has 1 aromatic rings. The Labute approximate surface area is 97.5 Å². The van der Waals surface area contributed by atoms with E-state index in [1.54, 1.807) is 0 Å². The van der Waals surface area contributed by atoms with Crippen molar-refractivity contribution in [3.63, 3.8) is 0 Å². The first-order valence-electron chi connectivity index (χ1n) is 5.03. The Morgan fingerprint density at radius 2 is 2.27 bits per heavy atom. The predicted octanol–water partition coefficient (Wildman–Crippen LogP) is 3.36. The zero-order chi connectivity index (χ0) is 10.7. The molecule has 1 aliphatic heterocycles. The van der Waals surface area contributed by atoms with Crippen LogP contribution in [0.25, 0.3) is 0 Å². The molecule has 0 saturated heterocycles. The maximum Gasteiger partial charge on any atom is 0.231 e. The third kappa shape index (κ3) is 2.37. The lowest BCUT2D eigenvalue weighted by molar-refractivity contribution is 0.169. The number of benzene rings is 1. The van der Waals surface area contributed by atoms with Gasteiger partial charge in [-0.1, -0.05) is 29.3 Å². The molecule has 0 aromatic heterocycles. The van der Waals surface area contributed by atoms with Crippen LogP contribution < -0.4 is 14.2 Å². The molecule has 0 amide bonds. The Balaban J connectivity index is 2.15. The summed E-state index contributed by atoms with van der Waals surface area (Å²) in [5, 5.41) is 0. The second kappa shape index (κ2) is 4.75. The van der Waals surface area contributed by atoms with Gasteiger partial charge in [0, 0.05) is 4.47 Å². The average molecular weight is 273 g/mol. The highest BCUT2D eigenvalue weighted by Crippen LogP contribution is 2.43. The predicted molar refractivity (Wildman–Crippen MR) is 60.7 cm³/mol. The molecule has 0 spiro atoms. The van der Waals surface area contributed by atoms with Crippen LogP contribution in [0.5, 0.6) is 17.2 Å². The fourth-order valence-electron chi connectivity index (χ4n) is 1.38. The number of ether oxygens (including phenoxy) is 3. The first kappa shape index (κ1) is 10.6. The molecule has 0 saturated carbocycles. The van der Waals surface area contributed by atoms with Gasteiger partial charge in [0.1, 0.15) is 0 Å². The number of fused-ring (bicyclic) bond motifs is 1. The van der Waals surface area contributed by atoms with E-state index in [1.165, 1.54) is 0 Å². The maximum absolute atomic E-state index is 5.64. The molecule has 82 valence electrons. The monoisotopic (exact) mass is 272 g/mol. The van der Waals surface area contributed by atoms with Crippen LogP contribution in [-0.2, 0) is 0 Å². The average Bonchev–Trinajstić information content (AvgIpc) is 2.65. The Kier molecular flexibility index (Phi) is 3.36. The van der Waals surface area contributed by atoms with Gasteiger partial charge in [-0.2, -0.15) is 0 Å². The minimum absolute atomic E-state index is 0.274. The molecular weight excluding hydrogens is 260 g/mol. The summed E-state index contributed by atoms with van der Waals surface area (Å²) in [4.78, 5) is 0. The van der Waals surface area contributed by atoms with Crippen LogP contribution in [0.4, 0.5) is 0 Å². The van der Waals surface area contributed by atoms with Gasteiger partial charge in [-0.05, 0) is 18.6 Å². The number of hydrogen-bond donors (Lipinski definition) is 0. The van der Waals surface area contributed by atoms with E-state index in [0.29, 0.717) is 12.4 Å². The third-order valence-corrected chi connectivity index (χ3v) is 2.62. The lowest BCUT2D eigenvalue weighted by Gasteiger charge is -2.08. The van der Waals surface area contributed by atoms with Gasteiger partial charge in [-0.25, -0.2) is 0 Å². The summed E-state index contributed by atoms with van der Waals surface area (Å²) in [5.41, 5.74) is 0. The third-order valence-electron chi connectivity index (χ3n) is 2.16. The summed E-state index contributed by atoms with van der Waals surface area (Å²) in [6.45, 7) is 3.12. The first-order chi connectivity index (χ1) is 7.31. The zero-order valence-electron chi connectivity index (χ0n) is 8.59. The van der Waals surface area contributed by atoms with Crippen molar-refractivity contribution in [2.24, 2.45) is 0 Å². The number of unbranched alkanes of at least 4 members (excludes halogenated alkanes) is 1. The minimum atomic E-state index is 0.274. The van der Waals surface area contributed by atoms with Crippen molar-refractivity contribution < 1.29 is 14.2 Å². The van der Waals surface area contributed by atoms with Gasteiger partial charge in [-0.15, -0.1) is 0 Å². The van der Waals surface area contributed by atoms with E-state index in [4.69, 9.17) is 14.2 Å². The number of halogens is 1. The molecule has 0 radical (unpaired) electrons. The zero-order valence-corrected chi connectivity index (χ0v) is 10.2. The van der Waals surface area contributed by atoms with E-state index in [9.17, 15) is 0 Å². The normalized spacial score (nSPS) is 12.9. The van der Waals surface area contributed by atoms with Crippen LogP contribution in [0.1, 0.15) is 19.8 Å². The van der Waals surface area contributed by atoms with E-state index in [0.717, 1.165) is 28.8 Å². The molecule has 0 fully saturated rings. The Bertz CT molecular complexity index is 352. The largest absolute Gasteiger partial charge is 0.490 e. The Morgan fingerprint density at radius 1 is 1.40 bits per heavy atom. The lowest BCUT2D eigenvalue weighted by atomic mass is 10.3. The van der Waals surface area contributed by atoms with Crippen molar-refractivity contribution in [3.8, 4) is 17.2 Å². The Hall–Kier alpha value is -0.900. The van der Waals surface area contributed by atoms with Crippen LogP contribution in [0, 0.1) is 0 Å². The van der Waals surface area contributed by atoms with Crippen molar-refractivity contribution in [2.45, 2.75) is 19.8 Å². The van der Waals surface area contributed by atoms with Crippen LogP contribution in [0.15, 0.2) is 16.6 Å². The highest BCUT2D eigenvalue weighted by molar-refractivity contribution is 9.10. The second-order valence-electron chi connectivity index (χ2n) is 3.34. The van der Waals surface area contributed by atoms with E-state index in [2.05, 4.69) is 22.9 Å². The molecule has 0 N–H and O–H groups in total. The molecule has 4 heteroatoms. The van der Waals surface area contributed by atoms with Gasteiger partial charge < -0.3 is 14.2 Å². The van der Waals surface area contributed by atoms with Gasteiger partial charge in [0.05, 0.1) is 6.61 Å². The molecule has 3 nitrogen and oxygen atoms in total. The summed E-state index contributed by atoms with van der Waals surface area (Å²) >= 11 is 3.41. The molecule has 0 bridgehead atoms. The van der Waals surface area contributed by atoms with Gasteiger partial charge in [-0.3, -0.25) is 0 Å². The number of hydrogen-bond acceptors (Lipinski definition) is 3. The van der Waals surface area contributed by atoms with E-state index in [-0.39, 0.29) is 6.79 Å². The molecule has 1 aliphatic rings. The maximum atomic E-state index is 5.64. The summed E-state index contributed by atoms with van der Waals surface area (Å²) in [5.74, 6) is 2.22. The molecule has 1 heterocycles. The molecule has 2 rings (SSSR count). The van der Waals surface area contributed by atoms with Crippen LogP contribution in [0.3, 0.4) is 0 Å². The summed E-state index contributed by atoms with van der Waals surface area (Å²) in [6.07, 6.45) is 2.16. The highest BCUT2D eigenvalue weighted by atomic mass is 79.9. The fourth-order valence-corrected chi connectivity index (χ4v) is 1.80. The standard InChI is InChI=1S/C11H13BrO3/c1-2-3-4-13-9-5-8(12)6-10-11(9)15-7-14-10/h5-6H,2-4,7H2,1H3. The van der Waals surface area contributed by atoms with Crippen molar-refractivity contribution in [1.82, 2.24) is 0 Å². The van der Waals surface area contributed by atoms with Crippen LogP contribution >= 0.6 is 15.9 Å². The van der Waals surface area contributed by atoms with Crippen molar-refractivity contribution in [3.05, 3.63) is 16.6 Å². The van der Waals surface area contributed by atoms with Crippen molar-refractivity contribution >= 4 is 15.9 Å². The highest BCUT2D eigenvalue weighted by Gasteiger charge is 2.19. The first-order valence-corrected chi connectivity index (χ1v) is 5.82. The molecule has 1 aromatic carbocycles. The van der Waals surface area contributed by atoms with Gasteiger partial charge >= 0.3 is 0 Å². The van der Waals surface area contributed by atoms with Gasteiger partial charge in [0.15, 0.2) is 11.5 Å². The molecule has 0 atom stereocenters. The van der Waals surface area contributed by atoms with E-state index >= 15 is 0 Å². The quantitative estimate of drug-likeness (QED) is 0.787. The van der Waals surface area contributed by atoms with Gasteiger partial charge in [0.2, 0.25) is 12.5 Å². The summed E-state index contributed by atoms with van der Waals surface area (Å²) in [6, 6.07) is 3.79. The number of rotatable bonds is 4. The van der Waals surface area contributed by atoms with E-state index in [1.807, 2.05) is 12.1 Å². The van der Waals surface area contributed by atoms with Crippen molar-refractivity contribution in [2.75, 3.05) is 13.4 Å². The summed E-state index contributed by atoms with van der Waals surface area (Å²) < 4.78 is 17.2. The molecule has 15 heavy (non-hydrogen) atoms. The molecule has 0 aliphatic carbocycles. The lowest BCUT2D eigenvalue weighted by Crippen LogP contribution is -1.98. The fraction of sp³-hybridized carbons (Fsp3) is 0.455. The van der Waals surface area contributed by atoms with Crippen molar-refractivity contribution in [1.29, 1.82) is 0 Å².